The van der Waals surface area contributed by atoms with Gasteiger partial charge in [-0.05, 0) is 31.0 Å². The molecule has 0 heterocycles. The number of nitrogens with one attached hydrogen (secondary N) is 1. The standard InChI is InChI=1S/C14H17BrN2O2S/c15-9-4-5-10(11(18)8-9)12(19)17-14(13(16)20)6-2-1-3-7-14/h4-5,8,18H,1-3,6-7H2,(H2,16,20)(H,17,19). The summed E-state index contributed by atoms with van der Waals surface area (Å²) in [7, 11) is 0. The lowest BCUT2D eigenvalue weighted by molar-refractivity contribution is 0.0905. The molecule has 0 atom stereocenters. The van der Waals surface area contributed by atoms with Crippen molar-refractivity contribution in [1.29, 1.82) is 0 Å². The molecule has 0 radical (unpaired) electrons. The zero-order valence-electron chi connectivity index (χ0n) is 11.0. The van der Waals surface area contributed by atoms with Gasteiger partial charge in [0.15, 0.2) is 0 Å². The van der Waals surface area contributed by atoms with Gasteiger partial charge in [-0.1, -0.05) is 47.4 Å². The molecule has 2 rings (SSSR count). The minimum Gasteiger partial charge on any atom is -0.507 e. The SMILES string of the molecule is NC(=S)C1(NC(=O)c2ccc(Br)cc2O)CCCCC1. The van der Waals surface area contributed by atoms with Crippen LogP contribution in [0.25, 0.3) is 0 Å². The number of amides is 1. The number of phenols is 1. The van der Waals surface area contributed by atoms with Gasteiger partial charge in [-0.3, -0.25) is 4.79 Å². The van der Waals surface area contributed by atoms with Crippen molar-refractivity contribution in [2.24, 2.45) is 5.73 Å². The largest absolute Gasteiger partial charge is 0.507 e. The minimum atomic E-state index is -0.621. The maximum atomic E-state index is 12.4. The van der Waals surface area contributed by atoms with Gasteiger partial charge in [0, 0.05) is 4.47 Å². The first kappa shape index (κ1) is 15.3. The van der Waals surface area contributed by atoms with Gasteiger partial charge in [0.25, 0.3) is 5.91 Å². The minimum absolute atomic E-state index is 0.0641. The van der Waals surface area contributed by atoms with Crippen molar-refractivity contribution in [2.75, 3.05) is 0 Å². The lowest BCUT2D eigenvalue weighted by atomic mass is 9.81. The molecule has 1 fully saturated rings. The molecule has 0 aliphatic heterocycles. The number of hydrogen-bond acceptors (Lipinski definition) is 3. The first-order valence-electron chi connectivity index (χ1n) is 6.55. The maximum Gasteiger partial charge on any atom is 0.255 e. The highest BCUT2D eigenvalue weighted by Crippen LogP contribution is 2.30. The van der Waals surface area contributed by atoms with E-state index in [-0.39, 0.29) is 17.2 Å². The normalized spacial score (nSPS) is 17.4. The van der Waals surface area contributed by atoms with Crippen molar-refractivity contribution in [3.05, 3.63) is 28.2 Å². The summed E-state index contributed by atoms with van der Waals surface area (Å²) in [5.41, 5.74) is 5.45. The second-order valence-corrected chi connectivity index (χ2v) is 6.48. The smallest absolute Gasteiger partial charge is 0.255 e. The first-order valence-corrected chi connectivity index (χ1v) is 7.76. The monoisotopic (exact) mass is 356 g/mol. The summed E-state index contributed by atoms with van der Waals surface area (Å²) >= 11 is 8.39. The zero-order chi connectivity index (χ0) is 14.8. The highest BCUT2D eigenvalue weighted by molar-refractivity contribution is 9.10. The zero-order valence-corrected chi connectivity index (χ0v) is 13.4. The van der Waals surface area contributed by atoms with E-state index < -0.39 is 5.54 Å². The summed E-state index contributed by atoms with van der Waals surface area (Å²) in [5, 5.41) is 12.8. The van der Waals surface area contributed by atoms with Gasteiger partial charge in [0.1, 0.15) is 5.75 Å². The molecule has 0 aromatic heterocycles. The average molecular weight is 357 g/mol. The van der Waals surface area contributed by atoms with Crippen molar-refractivity contribution in [3.8, 4) is 5.75 Å². The third-order valence-corrected chi connectivity index (χ3v) is 4.62. The van der Waals surface area contributed by atoms with E-state index in [0.717, 1.165) is 32.1 Å². The molecule has 20 heavy (non-hydrogen) atoms. The van der Waals surface area contributed by atoms with Crippen LogP contribution >= 0.6 is 28.1 Å². The fourth-order valence-electron chi connectivity index (χ4n) is 2.57. The summed E-state index contributed by atoms with van der Waals surface area (Å²) in [4.78, 5) is 12.7. The summed E-state index contributed by atoms with van der Waals surface area (Å²) < 4.78 is 0.716. The molecule has 0 spiro atoms. The van der Waals surface area contributed by atoms with Gasteiger partial charge in [-0.2, -0.15) is 0 Å². The Bertz CT molecular complexity index is 542. The van der Waals surface area contributed by atoms with Crippen LogP contribution in [0.2, 0.25) is 0 Å². The lowest BCUT2D eigenvalue weighted by Gasteiger charge is -2.37. The molecular weight excluding hydrogens is 340 g/mol. The Morgan fingerprint density at radius 1 is 1.35 bits per heavy atom. The van der Waals surface area contributed by atoms with Gasteiger partial charge < -0.3 is 16.2 Å². The van der Waals surface area contributed by atoms with Gasteiger partial charge in [-0.15, -0.1) is 0 Å². The van der Waals surface area contributed by atoms with Crippen LogP contribution in [-0.2, 0) is 0 Å². The number of phenolic OH excluding ortho intramolecular Hbond substituents is 1. The van der Waals surface area contributed by atoms with Crippen LogP contribution < -0.4 is 11.1 Å². The highest BCUT2D eigenvalue weighted by atomic mass is 79.9. The van der Waals surface area contributed by atoms with E-state index in [0.29, 0.717) is 9.46 Å². The van der Waals surface area contributed by atoms with Crippen molar-refractivity contribution < 1.29 is 9.90 Å². The molecule has 0 saturated heterocycles. The maximum absolute atomic E-state index is 12.4. The second-order valence-electron chi connectivity index (χ2n) is 5.12. The number of nitrogens with two attached hydrogens (primary N) is 1. The molecule has 1 aromatic carbocycles. The molecule has 4 N–H and O–H groups in total. The fourth-order valence-corrected chi connectivity index (χ4v) is 3.17. The Morgan fingerprint density at radius 2 is 2.00 bits per heavy atom. The molecular formula is C14H17BrN2O2S. The van der Waals surface area contributed by atoms with E-state index in [4.69, 9.17) is 18.0 Å². The molecule has 4 nitrogen and oxygen atoms in total. The number of benzene rings is 1. The first-order chi connectivity index (χ1) is 9.44. The molecule has 0 bridgehead atoms. The predicted molar refractivity (Wildman–Crippen MR) is 85.9 cm³/mol. The van der Waals surface area contributed by atoms with E-state index in [1.807, 2.05) is 0 Å². The summed E-state index contributed by atoms with van der Waals surface area (Å²) in [6.45, 7) is 0. The number of halogens is 1. The Hall–Kier alpha value is -1.14. The third-order valence-electron chi connectivity index (χ3n) is 3.74. The lowest BCUT2D eigenvalue weighted by Crippen LogP contribution is -2.57. The molecule has 6 heteroatoms. The second kappa shape index (κ2) is 6.10. The van der Waals surface area contributed by atoms with Crippen molar-refractivity contribution in [2.45, 2.75) is 37.6 Å². The summed E-state index contributed by atoms with van der Waals surface area (Å²) in [5.74, 6) is -0.407. The number of rotatable bonds is 3. The fraction of sp³-hybridized carbons (Fsp3) is 0.429. The number of hydrogen-bond donors (Lipinski definition) is 3. The highest BCUT2D eigenvalue weighted by Gasteiger charge is 2.37. The Balaban J connectivity index is 2.22. The number of aromatic hydroxyl groups is 1. The quantitative estimate of drug-likeness (QED) is 0.727. The van der Waals surface area contributed by atoms with E-state index in [1.165, 1.54) is 6.07 Å². The van der Waals surface area contributed by atoms with Gasteiger partial charge >= 0.3 is 0 Å². The van der Waals surface area contributed by atoms with Gasteiger partial charge in [-0.25, -0.2) is 0 Å². The third kappa shape index (κ3) is 3.12. The molecule has 108 valence electrons. The van der Waals surface area contributed by atoms with Crippen LogP contribution in [0.1, 0.15) is 42.5 Å². The molecule has 1 amide bonds. The van der Waals surface area contributed by atoms with Gasteiger partial charge in [0.05, 0.1) is 16.1 Å². The Kier molecular flexibility index (Phi) is 4.65. The number of carbonyl (C=O) groups is 1. The van der Waals surface area contributed by atoms with Crippen molar-refractivity contribution >= 4 is 39.0 Å². The van der Waals surface area contributed by atoms with Crippen molar-refractivity contribution in [3.63, 3.8) is 0 Å². The molecule has 0 unspecified atom stereocenters. The molecule has 1 aliphatic rings. The molecule has 1 aliphatic carbocycles. The molecule has 1 aromatic rings. The van der Waals surface area contributed by atoms with E-state index >= 15 is 0 Å². The molecule has 1 saturated carbocycles. The topological polar surface area (TPSA) is 75.3 Å². The van der Waals surface area contributed by atoms with Crippen LogP contribution in [0.3, 0.4) is 0 Å². The Morgan fingerprint density at radius 3 is 2.55 bits per heavy atom. The van der Waals surface area contributed by atoms with Crippen LogP contribution in [0.4, 0.5) is 0 Å². The van der Waals surface area contributed by atoms with Crippen molar-refractivity contribution in [1.82, 2.24) is 5.32 Å². The van der Waals surface area contributed by atoms with Crippen LogP contribution in [-0.4, -0.2) is 21.5 Å². The van der Waals surface area contributed by atoms with E-state index in [9.17, 15) is 9.90 Å². The number of carbonyl (C=O) groups excluding carboxylic acids is 1. The van der Waals surface area contributed by atoms with Gasteiger partial charge in [0.2, 0.25) is 0 Å². The van der Waals surface area contributed by atoms with Crippen LogP contribution in [0, 0.1) is 0 Å². The summed E-state index contributed by atoms with van der Waals surface area (Å²) in [6.07, 6.45) is 4.62. The summed E-state index contributed by atoms with van der Waals surface area (Å²) in [6, 6.07) is 4.77. The van der Waals surface area contributed by atoms with E-state index in [2.05, 4.69) is 21.2 Å². The Labute approximate surface area is 131 Å². The number of thiocarbonyl (C=S) groups is 1. The van der Waals surface area contributed by atoms with Crippen LogP contribution in [0.15, 0.2) is 22.7 Å². The average Bonchev–Trinajstić information content (AvgIpc) is 2.39. The van der Waals surface area contributed by atoms with Crippen LogP contribution in [0.5, 0.6) is 5.75 Å². The van der Waals surface area contributed by atoms with E-state index in [1.54, 1.807) is 12.1 Å². The predicted octanol–water partition coefficient (Wildman–Crippen LogP) is 2.87.